The van der Waals surface area contributed by atoms with E-state index in [9.17, 15) is 17.6 Å². The van der Waals surface area contributed by atoms with Crippen molar-refractivity contribution in [2.75, 3.05) is 18.4 Å². The highest BCUT2D eigenvalue weighted by molar-refractivity contribution is 7.89. The summed E-state index contributed by atoms with van der Waals surface area (Å²) in [6.45, 7) is 4.17. The molecule has 5 nitrogen and oxygen atoms in total. The van der Waals surface area contributed by atoms with Crippen LogP contribution in [-0.4, -0.2) is 31.7 Å². The Kier molecular flexibility index (Phi) is 5.69. The fourth-order valence-electron chi connectivity index (χ4n) is 2.27. The number of carbonyl (C=O) groups excluding carboxylic acids is 1. The molecule has 128 valence electrons. The van der Waals surface area contributed by atoms with E-state index in [0.29, 0.717) is 13.1 Å². The molecule has 0 bridgehead atoms. The molecule has 0 saturated heterocycles. The number of rotatable bonds is 6. The molecule has 0 aliphatic rings. The van der Waals surface area contributed by atoms with Gasteiger partial charge in [-0.1, -0.05) is 32.0 Å². The monoisotopic (exact) mass is 350 g/mol. The van der Waals surface area contributed by atoms with Crippen molar-refractivity contribution in [1.29, 1.82) is 0 Å². The van der Waals surface area contributed by atoms with Crippen LogP contribution < -0.4 is 5.32 Å². The van der Waals surface area contributed by atoms with E-state index in [2.05, 4.69) is 5.32 Å². The van der Waals surface area contributed by atoms with Gasteiger partial charge in [0.05, 0.1) is 10.6 Å². The van der Waals surface area contributed by atoms with E-state index in [4.69, 9.17) is 0 Å². The van der Waals surface area contributed by atoms with Crippen LogP contribution in [0.4, 0.5) is 10.1 Å². The minimum Gasteiger partial charge on any atom is -0.319 e. The van der Waals surface area contributed by atoms with Crippen LogP contribution in [0, 0.1) is 5.82 Å². The molecule has 2 aromatic rings. The summed E-state index contributed by atoms with van der Waals surface area (Å²) in [7, 11) is -3.66. The number of hydrogen-bond donors (Lipinski definition) is 1. The van der Waals surface area contributed by atoms with E-state index < -0.39 is 21.7 Å². The number of benzene rings is 2. The Morgan fingerprint density at radius 3 is 2.38 bits per heavy atom. The molecule has 24 heavy (non-hydrogen) atoms. The Morgan fingerprint density at radius 2 is 1.75 bits per heavy atom. The van der Waals surface area contributed by atoms with E-state index in [1.807, 2.05) is 0 Å². The summed E-state index contributed by atoms with van der Waals surface area (Å²) in [5, 5.41) is 2.44. The summed E-state index contributed by atoms with van der Waals surface area (Å²) in [6.07, 6.45) is 0. The fraction of sp³-hybridized carbons (Fsp3) is 0.235. The molecule has 0 atom stereocenters. The molecule has 2 aromatic carbocycles. The first-order chi connectivity index (χ1) is 11.4. The van der Waals surface area contributed by atoms with Crippen LogP contribution in [0.15, 0.2) is 53.4 Å². The molecule has 0 aliphatic carbocycles. The quantitative estimate of drug-likeness (QED) is 0.870. The minimum absolute atomic E-state index is 0.0346. The van der Waals surface area contributed by atoms with Crippen molar-refractivity contribution < 1.29 is 17.6 Å². The van der Waals surface area contributed by atoms with Gasteiger partial charge in [-0.05, 0) is 30.3 Å². The van der Waals surface area contributed by atoms with Crippen LogP contribution in [-0.2, 0) is 10.0 Å². The van der Waals surface area contributed by atoms with Gasteiger partial charge in [0.1, 0.15) is 5.82 Å². The third kappa shape index (κ3) is 3.80. The molecule has 1 N–H and O–H groups in total. The maximum absolute atomic E-state index is 13.6. The average Bonchev–Trinajstić information content (AvgIpc) is 2.58. The van der Waals surface area contributed by atoms with Crippen molar-refractivity contribution in [3.8, 4) is 0 Å². The van der Waals surface area contributed by atoms with Gasteiger partial charge in [0.25, 0.3) is 5.91 Å². The normalized spacial score (nSPS) is 11.5. The zero-order valence-corrected chi connectivity index (χ0v) is 14.3. The third-order valence-corrected chi connectivity index (χ3v) is 5.61. The Labute approximate surface area is 141 Å². The first-order valence-corrected chi connectivity index (χ1v) is 9.00. The van der Waals surface area contributed by atoms with Gasteiger partial charge in [-0.15, -0.1) is 0 Å². The van der Waals surface area contributed by atoms with Gasteiger partial charge in [-0.3, -0.25) is 4.79 Å². The van der Waals surface area contributed by atoms with Gasteiger partial charge < -0.3 is 5.32 Å². The first kappa shape index (κ1) is 18.1. The molecule has 0 aliphatic heterocycles. The number of nitrogens with zero attached hydrogens (tertiary/aromatic N) is 1. The van der Waals surface area contributed by atoms with Crippen LogP contribution in [0.25, 0.3) is 0 Å². The molecular weight excluding hydrogens is 331 g/mol. The van der Waals surface area contributed by atoms with Gasteiger partial charge in [-0.25, -0.2) is 12.8 Å². The van der Waals surface area contributed by atoms with Gasteiger partial charge >= 0.3 is 0 Å². The highest BCUT2D eigenvalue weighted by Crippen LogP contribution is 2.19. The Bertz CT molecular complexity index is 833. The molecule has 0 saturated carbocycles. The second kappa shape index (κ2) is 7.55. The molecule has 0 unspecified atom stereocenters. The third-order valence-electron chi connectivity index (χ3n) is 3.56. The first-order valence-electron chi connectivity index (χ1n) is 7.56. The largest absolute Gasteiger partial charge is 0.319 e. The van der Waals surface area contributed by atoms with Crippen LogP contribution in [0.3, 0.4) is 0 Å². The lowest BCUT2D eigenvalue weighted by Crippen LogP contribution is -2.30. The Morgan fingerprint density at radius 1 is 1.08 bits per heavy atom. The summed E-state index contributed by atoms with van der Waals surface area (Å²) in [6, 6.07) is 11.5. The van der Waals surface area contributed by atoms with Crippen molar-refractivity contribution in [1.82, 2.24) is 4.31 Å². The predicted molar refractivity (Wildman–Crippen MR) is 90.9 cm³/mol. The van der Waals surface area contributed by atoms with Crippen molar-refractivity contribution in [3.05, 3.63) is 59.9 Å². The number of carbonyl (C=O) groups is 1. The molecule has 0 spiro atoms. The number of sulfonamides is 1. The van der Waals surface area contributed by atoms with Gasteiger partial charge in [0.2, 0.25) is 10.0 Å². The summed E-state index contributed by atoms with van der Waals surface area (Å²) in [5.74, 6) is -1.13. The Balaban J connectivity index is 2.30. The second-order valence-corrected chi connectivity index (χ2v) is 6.99. The van der Waals surface area contributed by atoms with Crippen molar-refractivity contribution in [2.45, 2.75) is 18.7 Å². The van der Waals surface area contributed by atoms with Crippen LogP contribution >= 0.6 is 0 Å². The maximum atomic E-state index is 13.6. The average molecular weight is 350 g/mol. The number of para-hydroxylation sites is 1. The van der Waals surface area contributed by atoms with Gasteiger partial charge in [0, 0.05) is 18.7 Å². The highest BCUT2D eigenvalue weighted by atomic mass is 32.2. The van der Waals surface area contributed by atoms with E-state index in [1.165, 1.54) is 46.8 Å². The molecule has 0 heterocycles. The van der Waals surface area contributed by atoms with E-state index in [1.54, 1.807) is 19.9 Å². The van der Waals surface area contributed by atoms with Crippen molar-refractivity contribution in [3.63, 3.8) is 0 Å². The Hall–Kier alpha value is -2.25. The SMILES string of the molecule is CCN(CC)S(=O)(=O)c1cccc(C(=O)Nc2ccccc2F)c1. The molecule has 7 heteroatoms. The zero-order valence-electron chi connectivity index (χ0n) is 13.5. The maximum Gasteiger partial charge on any atom is 0.255 e. The van der Waals surface area contributed by atoms with Crippen LogP contribution in [0.2, 0.25) is 0 Å². The molecule has 0 aromatic heterocycles. The highest BCUT2D eigenvalue weighted by Gasteiger charge is 2.22. The number of amides is 1. The second-order valence-electron chi connectivity index (χ2n) is 5.05. The number of nitrogens with one attached hydrogen (secondary N) is 1. The lowest BCUT2D eigenvalue weighted by Gasteiger charge is -2.18. The van der Waals surface area contributed by atoms with E-state index in [0.717, 1.165) is 0 Å². The van der Waals surface area contributed by atoms with Crippen LogP contribution in [0.1, 0.15) is 24.2 Å². The number of halogens is 1. The summed E-state index contributed by atoms with van der Waals surface area (Å²) in [4.78, 5) is 12.3. The number of anilines is 1. The van der Waals surface area contributed by atoms with Crippen molar-refractivity contribution >= 4 is 21.6 Å². The van der Waals surface area contributed by atoms with Gasteiger partial charge in [0.15, 0.2) is 0 Å². The van der Waals surface area contributed by atoms with Crippen molar-refractivity contribution in [2.24, 2.45) is 0 Å². The molecule has 0 radical (unpaired) electrons. The summed E-state index contributed by atoms with van der Waals surface area (Å²) >= 11 is 0. The number of hydrogen-bond acceptors (Lipinski definition) is 3. The lowest BCUT2D eigenvalue weighted by atomic mass is 10.2. The molecule has 1 amide bonds. The van der Waals surface area contributed by atoms with Crippen LogP contribution in [0.5, 0.6) is 0 Å². The van der Waals surface area contributed by atoms with E-state index in [-0.39, 0.29) is 16.1 Å². The molecular formula is C17H19FN2O3S. The lowest BCUT2D eigenvalue weighted by molar-refractivity contribution is 0.102. The molecule has 2 rings (SSSR count). The summed E-state index contributed by atoms with van der Waals surface area (Å²) in [5.41, 5.74) is 0.186. The smallest absolute Gasteiger partial charge is 0.255 e. The fourth-order valence-corrected chi connectivity index (χ4v) is 3.77. The predicted octanol–water partition coefficient (Wildman–Crippen LogP) is 3.11. The van der Waals surface area contributed by atoms with E-state index >= 15 is 0 Å². The minimum atomic E-state index is -3.66. The topological polar surface area (TPSA) is 66.5 Å². The van der Waals surface area contributed by atoms with Gasteiger partial charge in [-0.2, -0.15) is 4.31 Å². The molecule has 0 fully saturated rings. The standard InChI is InChI=1S/C17H19FN2O3S/c1-3-20(4-2)24(22,23)14-9-7-8-13(12-14)17(21)19-16-11-6-5-10-15(16)18/h5-12H,3-4H2,1-2H3,(H,19,21). The zero-order chi connectivity index (χ0) is 17.7. The summed E-state index contributed by atoms with van der Waals surface area (Å²) < 4.78 is 40.0.